The molecule has 1 aliphatic rings. The van der Waals surface area contributed by atoms with Crippen molar-refractivity contribution in [2.45, 2.75) is 33.3 Å². The molecule has 0 amide bonds. The molecule has 5 nitrogen and oxygen atoms in total. The van der Waals surface area contributed by atoms with E-state index in [-0.39, 0.29) is 35.9 Å². The average molecular weight is 479 g/mol. The molecule has 0 saturated carbocycles. The number of guanidine groups is 1. The molecule has 0 aliphatic carbocycles. The van der Waals surface area contributed by atoms with Gasteiger partial charge in [-0.2, -0.15) is 0 Å². The topological polar surface area (TPSA) is 46.1 Å². The third-order valence-corrected chi connectivity index (χ3v) is 4.11. The molecule has 148 valence electrons. The molecule has 0 spiro atoms. The highest BCUT2D eigenvalue weighted by Gasteiger charge is 2.25. The van der Waals surface area contributed by atoms with Crippen LogP contribution < -0.4 is 10.1 Å². The quantitative estimate of drug-likeness (QED) is 0.352. The van der Waals surface area contributed by atoms with Crippen molar-refractivity contribution in [3.05, 3.63) is 30.1 Å². The average Bonchev–Trinajstić information content (AvgIpc) is 3.05. The summed E-state index contributed by atoms with van der Waals surface area (Å²) in [4.78, 5) is 6.98. The van der Waals surface area contributed by atoms with E-state index in [4.69, 9.17) is 14.5 Å². The Morgan fingerprint density at radius 1 is 1.42 bits per heavy atom. The summed E-state index contributed by atoms with van der Waals surface area (Å²) in [6, 6.07) is 6.20. The number of hydrogen-bond donors (Lipinski definition) is 1. The Bertz CT molecular complexity index is 559. The van der Waals surface area contributed by atoms with Crippen LogP contribution >= 0.6 is 24.0 Å². The number of likely N-dealkylation sites (tertiary alicyclic amines) is 1. The summed E-state index contributed by atoms with van der Waals surface area (Å²) in [5.74, 6) is 1.71. The van der Waals surface area contributed by atoms with Crippen LogP contribution in [0.2, 0.25) is 0 Å². The number of benzene rings is 1. The molecule has 0 bridgehead atoms. The predicted octanol–water partition coefficient (Wildman–Crippen LogP) is 3.53. The van der Waals surface area contributed by atoms with Gasteiger partial charge >= 0.3 is 0 Å². The molecule has 1 aromatic carbocycles. The van der Waals surface area contributed by atoms with E-state index in [1.807, 2.05) is 13.8 Å². The molecule has 1 N–H and O–H groups in total. The first kappa shape index (κ1) is 23.0. The first-order valence-electron chi connectivity index (χ1n) is 9.15. The van der Waals surface area contributed by atoms with Gasteiger partial charge in [-0.3, -0.25) is 0 Å². The van der Waals surface area contributed by atoms with E-state index in [9.17, 15) is 4.39 Å². The number of halogens is 2. The van der Waals surface area contributed by atoms with E-state index < -0.39 is 0 Å². The van der Waals surface area contributed by atoms with E-state index in [0.717, 1.165) is 45.2 Å². The van der Waals surface area contributed by atoms with Gasteiger partial charge in [0.1, 0.15) is 17.7 Å². The lowest BCUT2D eigenvalue weighted by Gasteiger charge is -2.22. The van der Waals surface area contributed by atoms with Crippen LogP contribution in [0, 0.1) is 11.7 Å². The smallest absolute Gasteiger partial charge is 0.194 e. The monoisotopic (exact) mass is 479 g/mol. The van der Waals surface area contributed by atoms with Crippen molar-refractivity contribution < 1.29 is 13.9 Å². The Kier molecular flexibility index (Phi) is 10.9. The number of aliphatic imine (C=N–C) groups is 1. The predicted molar refractivity (Wildman–Crippen MR) is 114 cm³/mol. The van der Waals surface area contributed by atoms with Crippen LogP contribution in [0.25, 0.3) is 0 Å². The highest BCUT2D eigenvalue weighted by atomic mass is 127. The van der Waals surface area contributed by atoms with Crippen LogP contribution in [0.1, 0.15) is 27.2 Å². The van der Waals surface area contributed by atoms with Crippen molar-refractivity contribution in [2.75, 3.05) is 39.4 Å². The third kappa shape index (κ3) is 7.65. The van der Waals surface area contributed by atoms with E-state index in [1.165, 1.54) is 12.1 Å². The van der Waals surface area contributed by atoms with Gasteiger partial charge in [-0.05, 0) is 39.3 Å². The molecule has 7 heteroatoms. The first-order valence-corrected chi connectivity index (χ1v) is 9.15. The van der Waals surface area contributed by atoms with Crippen molar-refractivity contribution in [1.29, 1.82) is 0 Å². The van der Waals surface area contributed by atoms with Crippen molar-refractivity contribution >= 4 is 29.9 Å². The van der Waals surface area contributed by atoms with Crippen LogP contribution in [0.15, 0.2) is 29.3 Å². The van der Waals surface area contributed by atoms with Crippen LogP contribution in [-0.2, 0) is 4.74 Å². The highest BCUT2D eigenvalue weighted by Crippen LogP contribution is 2.17. The van der Waals surface area contributed by atoms with Crippen molar-refractivity contribution in [3.63, 3.8) is 0 Å². The van der Waals surface area contributed by atoms with Crippen LogP contribution in [0.4, 0.5) is 4.39 Å². The standard InChI is InChI=1S/C19H30FN3O2.HI/c1-4-21-19(23-10-9-16(13-23)14-24-5-2)22-12-15(3)25-18-8-6-7-17(20)11-18;/h6-8,11,15-16H,4-5,9-10,12-14H2,1-3H3,(H,21,22);1H. The minimum absolute atomic E-state index is 0. The summed E-state index contributed by atoms with van der Waals surface area (Å²) in [6.45, 7) is 10.9. The number of nitrogens with one attached hydrogen (secondary N) is 1. The summed E-state index contributed by atoms with van der Waals surface area (Å²) in [5.41, 5.74) is 0. The second-order valence-electron chi connectivity index (χ2n) is 6.34. The Hall–Kier alpha value is -1.09. The van der Waals surface area contributed by atoms with Gasteiger partial charge in [0, 0.05) is 38.2 Å². The Morgan fingerprint density at radius 3 is 2.92 bits per heavy atom. The second kappa shape index (κ2) is 12.3. The number of hydrogen-bond acceptors (Lipinski definition) is 3. The molecule has 1 fully saturated rings. The van der Waals surface area contributed by atoms with Gasteiger partial charge < -0.3 is 19.7 Å². The van der Waals surface area contributed by atoms with Gasteiger partial charge in [-0.25, -0.2) is 9.38 Å². The molecular formula is C19H31FIN3O2. The summed E-state index contributed by atoms with van der Waals surface area (Å²) < 4.78 is 24.5. The third-order valence-electron chi connectivity index (χ3n) is 4.11. The van der Waals surface area contributed by atoms with Crippen LogP contribution in [0.5, 0.6) is 5.75 Å². The highest BCUT2D eigenvalue weighted by molar-refractivity contribution is 14.0. The van der Waals surface area contributed by atoms with Gasteiger partial charge in [0.2, 0.25) is 0 Å². The van der Waals surface area contributed by atoms with E-state index in [0.29, 0.717) is 18.2 Å². The maximum atomic E-state index is 13.2. The zero-order chi connectivity index (χ0) is 18.1. The van der Waals surface area contributed by atoms with Gasteiger partial charge in [-0.15, -0.1) is 24.0 Å². The lowest BCUT2D eigenvalue weighted by molar-refractivity contribution is 0.114. The van der Waals surface area contributed by atoms with Gasteiger partial charge in [0.25, 0.3) is 0 Å². The molecule has 1 heterocycles. The summed E-state index contributed by atoms with van der Waals surface area (Å²) >= 11 is 0. The first-order chi connectivity index (χ1) is 12.1. The minimum atomic E-state index is -0.293. The van der Waals surface area contributed by atoms with E-state index >= 15 is 0 Å². The van der Waals surface area contributed by atoms with Gasteiger partial charge in [0.15, 0.2) is 5.96 Å². The van der Waals surface area contributed by atoms with Crippen LogP contribution in [0.3, 0.4) is 0 Å². The lowest BCUT2D eigenvalue weighted by atomic mass is 10.1. The second-order valence-corrected chi connectivity index (χ2v) is 6.34. The molecule has 2 rings (SSSR count). The zero-order valence-corrected chi connectivity index (χ0v) is 18.2. The van der Waals surface area contributed by atoms with E-state index in [2.05, 4.69) is 17.1 Å². The SMILES string of the molecule is CCNC(=NCC(C)Oc1cccc(F)c1)N1CCC(COCC)C1.I. The lowest BCUT2D eigenvalue weighted by Crippen LogP contribution is -2.41. The van der Waals surface area contributed by atoms with Crippen LogP contribution in [-0.4, -0.2) is 56.4 Å². The molecule has 2 unspecified atom stereocenters. The molecule has 2 atom stereocenters. The fraction of sp³-hybridized carbons (Fsp3) is 0.632. The van der Waals surface area contributed by atoms with E-state index in [1.54, 1.807) is 12.1 Å². The minimum Gasteiger partial charge on any atom is -0.489 e. The van der Waals surface area contributed by atoms with Crippen molar-refractivity contribution in [1.82, 2.24) is 10.2 Å². The Morgan fingerprint density at radius 2 is 2.23 bits per heavy atom. The number of nitrogens with zero attached hydrogens (tertiary/aromatic N) is 2. The van der Waals surface area contributed by atoms with Crippen molar-refractivity contribution in [3.8, 4) is 5.75 Å². The zero-order valence-electron chi connectivity index (χ0n) is 15.9. The Balaban J connectivity index is 0.00000338. The normalized spacial score (nSPS) is 18.4. The van der Waals surface area contributed by atoms with Crippen molar-refractivity contribution in [2.24, 2.45) is 10.9 Å². The number of rotatable bonds is 8. The molecule has 1 aliphatic heterocycles. The molecule has 1 saturated heterocycles. The molecule has 0 aromatic heterocycles. The molecular weight excluding hydrogens is 448 g/mol. The fourth-order valence-electron chi connectivity index (χ4n) is 2.90. The molecule has 1 aromatic rings. The van der Waals surface area contributed by atoms with Gasteiger partial charge in [-0.1, -0.05) is 6.07 Å². The maximum Gasteiger partial charge on any atom is 0.194 e. The molecule has 26 heavy (non-hydrogen) atoms. The van der Waals surface area contributed by atoms with Gasteiger partial charge in [0.05, 0.1) is 13.2 Å². The summed E-state index contributed by atoms with van der Waals surface area (Å²) in [5, 5.41) is 3.35. The maximum absolute atomic E-state index is 13.2. The molecule has 0 radical (unpaired) electrons. The summed E-state index contributed by atoms with van der Waals surface area (Å²) in [6.07, 6.45) is 0.997. The fourth-order valence-corrected chi connectivity index (χ4v) is 2.90. The summed E-state index contributed by atoms with van der Waals surface area (Å²) in [7, 11) is 0. The Labute approximate surface area is 173 Å². The number of ether oxygens (including phenoxy) is 2. The largest absolute Gasteiger partial charge is 0.489 e.